The van der Waals surface area contributed by atoms with Gasteiger partial charge in [-0.25, -0.2) is 4.79 Å². The minimum atomic E-state index is -0.0249. The molecular weight excluding hydrogens is 316 g/mol. The van der Waals surface area contributed by atoms with Gasteiger partial charge in [-0.2, -0.15) is 0 Å². The van der Waals surface area contributed by atoms with Crippen LogP contribution >= 0.6 is 0 Å². The first-order valence-corrected chi connectivity index (χ1v) is 9.04. The number of nitrogen functional groups attached to an aromatic ring is 1. The lowest BCUT2D eigenvalue weighted by Gasteiger charge is -2.32. The first-order valence-electron chi connectivity index (χ1n) is 9.04. The smallest absolute Gasteiger partial charge is 0.317 e. The molecule has 1 fully saturated rings. The Labute approximate surface area is 150 Å². The van der Waals surface area contributed by atoms with E-state index in [1.807, 2.05) is 24.0 Å². The van der Waals surface area contributed by atoms with Crippen molar-refractivity contribution >= 4 is 23.3 Å². The molecule has 2 rings (SSSR count). The molecule has 6 heteroatoms. The monoisotopic (exact) mass is 346 g/mol. The molecule has 0 bridgehead atoms. The van der Waals surface area contributed by atoms with Crippen LogP contribution in [0.3, 0.4) is 0 Å². The molecule has 0 aliphatic carbocycles. The second-order valence-corrected chi connectivity index (χ2v) is 7.36. The fourth-order valence-corrected chi connectivity index (χ4v) is 3.06. The fraction of sp³-hybridized carbons (Fsp3) is 0.579. The van der Waals surface area contributed by atoms with E-state index in [1.165, 1.54) is 0 Å². The van der Waals surface area contributed by atoms with E-state index >= 15 is 0 Å². The van der Waals surface area contributed by atoms with Crippen molar-refractivity contribution in [2.75, 3.05) is 30.7 Å². The standard InChI is InChI=1S/C19H30N4O2/c1-13(2)11-21-19(25)23-8-4-5-15(12-23)9-18(24)22-17-10-16(20)7-6-14(17)3/h6-7,10,13,15H,4-5,8-9,11-12,20H2,1-3H3,(H,21,25)(H,22,24). The van der Waals surface area contributed by atoms with E-state index in [9.17, 15) is 9.59 Å². The van der Waals surface area contributed by atoms with Crippen molar-refractivity contribution in [2.24, 2.45) is 11.8 Å². The van der Waals surface area contributed by atoms with Gasteiger partial charge in [0.2, 0.25) is 5.91 Å². The van der Waals surface area contributed by atoms with Crippen molar-refractivity contribution in [1.29, 1.82) is 0 Å². The maximum atomic E-state index is 12.4. The Hall–Kier alpha value is -2.24. The molecule has 1 atom stereocenters. The fourth-order valence-electron chi connectivity index (χ4n) is 3.06. The summed E-state index contributed by atoms with van der Waals surface area (Å²) in [7, 11) is 0. The molecule has 1 aliphatic heterocycles. The molecule has 6 nitrogen and oxygen atoms in total. The van der Waals surface area contributed by atoms with Crippen LogP contribution in [0.5, 0.6) is 0 Å². The molecule has 0 spiro atoms. The highest BCUT2D eigenvalue weighted by molar-refractivity contribution is 5.92. The number of benzene rings is 1. The zero-order valence-electron chi connectivity index (χ0n) is 15.5. The zero-order chi connectivity index (χ0) is 18.4. The maximum Gasteiger partial charge on any atom is 0.317 e. The average molecular weight is 346 g/mol. The van der Waals surface area contributed by atoms with E-state index in [-0.39, 0.29) is 17.9 Å². The number of aryl methyl sites for hydroxylation is 1. The van der Waals surface area contributed by atoms with Crippen LogP contribution in [0.4, 0.5) is 16.2 Å². The third kappa shape index (κ3) is 5.96. The van der Waals surface area contributed by atoms with E-state index in [4.69, 9.17) is 5.73 Å². The highest BCUT2D eigenvalue weighted by Crippen LogP contribution is 2.22. The number of carbonyl (C=O) groups is 2. The van der Waals surface area contributed by atoms with Gasteiger partial charge in [0.15, 0.2) is 0 Å². The zero-order valence-corrected chi connectivity index (χ0v) is 15.5. The highest BCUT2D eigenvalue weighted by atomic mass is 16.2. The number of nitrogens with zero attached hydrogens (tertiary/aromatic N) is 1. The number of hydrogen-bond acceptors (Lipinski definition) is 3. The van der Waals surface area contributed by atoms with Gasteiger partial charge < -0.3 is 21.3 Å². The summed E-state index contributed by atoms with van der Waals surface area (Å²) in [5.41, 5.74) is 8.16. The van der Waals surface area contributed by atoms with Crippen LogP contribution in [0, 0.1) is 18.8 Å². The molecule has 1 heterocycles. The molecule has 25 heavy (non-hydrogen) atoms. The van der Waals surface area contributed by atoms with Gasteiger partial charge in [-0.05, 0) is 49.3 Å². The van der Waals surface area contributed by atoms with E-state index in [1.54, 1.807) is 6.07 Å². The van der Waals surface area contributed by atoms with E-state index in [0.717, 1.165) is 30.6 Å². The Morgan fingerprint density at radius 1 is 1.36 bits per heavy atom. The van der Waals surface area contributed by atoms with Crippen LogP contribution in [0.15, 0.2) is 18.2 Å². The maximum absolute atomic E-state index is 12.4. The number of piperidine rings is 1. The Morgan fingerprint density at radius 3 is 2.84 bits per heavy atom. The largest absolute Gasteiger partial charge is 0.399 e. The number of urea groups is 1. The van der Waals surface area contributed by atoms with Crippen LogP contribution in [0.1, 0.15) is 38.7 Å². The van der Waals surface area contributed by atoms with Crippen molar-refractivity contribution in [3.63, 3.8) is 0 Å². The minimum Gasteiger partial charge on any atom is -0.399 e. The summed E-state index contributed by atoms with van der Waals surface area (Å²) in [6.07, 6.45) is 2.32. The van der Waals surface area contributed by atoms with Crippen molar-refractivity contribution in [2.45, 2.75) is 40.0 Å². The summed E-state index contributed by atoms with van der Waals surface area (Å²) in [5, 5.41) is 5.90. The Bertz CT molecular complexity index is 615. The molecule has 0 radical (unpaired) electrons. The minimum absolute atomic E-state index is 0.0227. The average Bonchev–Trinajstić information content (AvgIpc) is 2.56. The van der Waals surface area contributed by atoms with Crippen LogP contribution in [0.2, 0.25) is 0 Å². The van der Waals surface area contributed by atoms with Crippen molar-refractivity contribution in [3.05, 3.63) is 23.8 Å². The molecule has 0 aromatic heterocycles. The summed E-state index contributed by atoms with van der Waals surface area (Å²) in [6, 6.07) is 5.47. The number of nitrogens with one attached hydrogen (secondary N) is 2. The number of anilines is 2. The van der Waals surface area contributed by atoms with Crippen LogP contribution in [0.25, 0.3) is 0 Å². The van der Waals surface area contributed by atoms with Crippen LogP contribution in [-0.4, -0.2) is 36.5 Å². The van der Waals surface area contributed by atoms with E-state index in [2.05, 4.69) is 24.5 Å². The number of hydrogen-bond donors (Lipinski definition) is 3. The summed E-state index contributed by atoms with van der Waals surface area (Å²) in [5.74, 6) is 0.597. The van der Waals surface area contributed by atoms with Gasteiger partial charge in [-0.3, -0.25) is 4.79 Å². The predicted octanol–water partition coefficient (Wildman–Crippen LogP) is 2.98. The highest BCUT2D eigenvalue weighted by Gasteiger charge is 2.25. The number of carbonyl (C=O) groups excluding carboxylic acids is 2. The van der Waals surface area contributed by atoms with Crippen molar-refractivity contribution < 1.29 is 9.59 Å². The molecule has 1 aromatic carbocycles. The number of nitrogens with two attached hydrogens (primary N) is 1. The van der Waals surface area contributed by atoms with Gasteiger partial charge >= 0.3 is 6.03 Å². The molecule has 1 aromatic rings. The summed E-state index contributed by atoms with van der Waals surface area (Å²) < 4.78 is 0. The lowest BCUT2D eigenvalue weighted by molar-refractivity contribution is -0.117. The normalized spacial score (nSPS) is 17.4. The predicted molar refractivity (Wildman–Crippen MR) is 101 cm³/mol. The summed E-state index contributed by atoms with van der Waals surface area (Å²) in [6.45, 7) is 8.15. The molecule has 1 saturated heterocycles. The van der Waals surface area contributed by atoms with Gasteiger partial charge in [0.05, 0.1) is 0 Å². The van der Waals surface area contributed by atoms with Gasteiger partial charge in [0, 0.05) is 37.4 Å². The summed E-state index contributed by atoms with van der Waals surface area (Å²) >= 11 is 0. The van der Waals surface area contributed by atoms with Crippen molar-refractivity contribution in [1.82, 2.24) is 10.2 Å². The number of amides is 3. The SMILES string of the molecule is Cc1ccc(N)cc1NC(=O)CC1CCCN(C(=O)NCC(C)C)C1. The number of likely N-dealkylation sites (tertiary alicyclic amines) is 1. The lowest BCUT2D eigenvalue weighted by atomic mass is 9.94. The van der Waals surface area contributed by atoms with E-state index in [0.29, 0.717) is 31.1 Å². The second-order valence-electron chi connectivity index (χ2n) is 7.36. The Kier molecular flexibility index (Phi) is 6.67. The molecule has 0 saturated carbocycles. The third-order valence-electron chi connectivity index (χ3n) is 4.48. The first kappa shape index (κ1) is 19.1. The van der Waals surface area contributed by atoms with Crippen LogP contribution in [-0.2, 0) is 4.79 Å². The topological polar surface area (TPSA) is 87.5 Å². The van der Waals surface area contributed by atoms with Gasteiger partial charge in [0.1, 0.15) is 0 Å². The lowest BCUT2D eigenvalue weighted by Crippen LogP contribution is -2.46. The van der Waals surface area contributed by atoms with Gasteiger partial charge in [-0.1, -0.05) is 19.9 Å². The van der Waals surface area contributed by atoms with Gasteiger partial charge in [-0.15, -0.1) is 0 Å². The Balaban J connectivity index is 1.86. The first-order chi connectivity index (χ1) is 11.8. The summed E-state index contributed by atoms with van der Waals surface area (Å²) in [4.78, 5) is 26.4. The third-order valence-corrected chi connectivity index (χ3v) is 4.48. The molecule has 4 N–H and O–H groups in total. The van der Waals surface area contributed by atoms with E-state index < -0.39 is 0 Å². The molecule has 1 unspecified atom stereocenters. The quantitative estimate of drug-likeness (QED) is 0.716. The number of rotatable bonds is 5. The van der Waals surface area contributed by atoms with Crippen molar-refractivity contribution in [3.8, 4) is 0 Å². The Morgan fingerprint density at radius 2 is 2.12 bits per heavy atom. The molecule has 138 valence electrons. The molecule has 1 aliphatic rings. The molecule has 3 amide bonds. The molecular formula is C19H30N4O2. The van der Waals surface area contributed by atoms with Gasteiger partial charge in [0.25, 0.3) is 0 Å². The second kappa shape index (κ2) is 8.74. The van der Waals surface area contributed by atoms with Crippen LogP contribution < -0.4 is 16.4 Å².